The molecule has 1 aromatic heterocycles. The van der Waals surface area contributed by atoms with Crippen LogP contribution >= 0.6 is 0 Å². The van der Waals surface area contributed by atoms with Crippen molar-refractivity contribution in [2.75, 3.05) is 0 Å². The quantitative estimate of drug-likeness (QED) is 0.613. The van der Waals surface area contributed by atoms with Gasteiger partial charge in [0.15, 0.2) is 0 Å². The molecular formula is C16H12FN. The minimum atomic E-state index is -0.231. The fraction of sp³-hybridized carbons (Fsp3) is 0.0625. The summed E-state index contributed by atoms with van der Waals surface area (Å²) in [6.07, 6.45) is 0. The molecule has 1 nitrogen and oxygen atoms in total. The van der Waals surface area contributed by atoms with Crippen LogP contribution in [0.1, 0.15) is 5.69 Å². The maximum absolute atomic E-state index is 13.4. The van der Waals surface area contributed by atoms with Gasteiger partial charge >= 0.3 is 0 Å². The first kappa shape index (κ1) is 10.9. The Kier molecular flexibility index (Phi) is 2.56. The lowest BCUT2D eigenvalue weighted by atomic mass is 10.0. The normalized spacial score (nSPS) is 10.8. The molecule has 0 saturated carbocycles. The smallest absolute Gasteiger partial charge is 0.123 e. The molecule has 0 fully saturated rings. The first-order valence-corrected chi connectivity index (χ1v) is 5.86. The number of aromatic nitrogens is 1. The average Bonchev–Trinajstić information content (AvgIpc) is 2.39. The molecule has 0 bridgehead atoms. The van der Waals surface area contributed by atoms with Gasteiger partial charge in [-0.3, -0.25) is 4.98 Å². The molecule has 3 aromatic rings. The zero-order chi connectivity index (χ0) is 12.5. The Morgan fingerprint density at radius 1 is 0.944 bits per heavy atom. The lowest BCUT2D eigenvalue weighted by Crippen LogP contribution is -1.89. The Morgan fingerprint density at radius 2 is 1.72 bits per heavy atom. The van der Waals surface area contributed by atoms with E-state index in [0.29, 0.717) is 0 Å². The second kappa shape index (κ2) is 4.22. The Morgan fingerprint density at radius 3 is 2.50 bits per heavy atom. The summed E-state index contributed by atoms with van der Waals surface area (Å²) in [6, 6.07) is 16.7. The van der Waals surface area contributed by atoms with E-state index in [9.17, 15) is 4.39 Å². The topological polar surface area (TPSA) is 12.9 Å². The number of nitrogens with zero attached hydrogens (tertiary/aromatic N) is 1. The predicted octanol–water partition coefficient (Wildman–Crippen LogP) is 4.35. The van der Waals surface area contributed by atoms with Crippen molar-refractivity contribution in [2.24, 2.45) is 0 Å². The van der Waals surface area contributed by atoms with E-state index in [2.05, 4.69) is 4.98 Å². The molecule has 1 heterocycles. The molecular weight excluding hydrogens is 225 g/mol. The fourth-order valence-electron chi connectivity index (χ4n) is 2.19. The van der Waals surface area contributed by atoms with Gasteiger partial charge in [0, 0.05) is 11.1 Å². The fourth-order valence-corrected chi connectivity index (χ4v) is 2.19. The van der Waals surface area contributed by atoms with Gasteiger partial charge in [0.25, 0.3) is 0 Å². The van der Waals surface area contributed by atoms with E-state index in [1.807, 2.05) is 43.3 Å². The SMILES string of the molecule is Cc1cc(-c2ccccc2)c2cc(F)ccc2n1. The Labute approximate surface area is 105 Å². The summed E-state index contributed by atoms with van der Waals surface area (Å²) in [6.45, 7) is 1.95. The van der Waals surface area contributed by atoms with E-state index >= 15 is 0 Å². The molecule has 2 heteroatoms. The van der Waals surface area contributed by atoms with Crippen molar-refractivity contribution in [1.29, 1.82) is 0 Å². The second-order valence-corrected chi connectivity index (χ2v) is 4.34. The Hall–Kier alpha value is -2.22. The molecule has 0 N–H and O–H groups in total. The molecule has 0 atom stereocenters. The number of fused-ring (bicyclic) bond motifs is 1. The third-order valence-corrected chi connectivity index (χ3v) is 2.98. The molecule has 0 aliphatic heterocycles. The molecule has 0 spiro atoms. The molecule has 0 aliphatic rings. The summed E-state index contributed by atoms with van der Waals surface area (Å²) < 4.78 is 13.4. The minimum Gasteiger partial charge on any atom is -0.253 e. The highest BCUT2D eigenvalue weighted by Gasteiger charge is 2.07. The summed E-state index contributed by atoms with van der Waals surface area (Å²) >= 11 is 0. The van der Waals surface area contributed by atoms with Crippen molar-refractivity contribution in [3.63, 3.8) is 0 Å². The van der Waals surface area contributed by atoms with Gasteiger partial charge in [-0.05, 0) is 42.3 Å². The van der Waals surface area contributed by atoms with Gasteiger partial charge < -0.3 is 0 Å². The van der Waals surface area contributed by atoms with E-state index in [0.717, 1.165) is 27.7 Å². The monoisotopic (exact) mass is 237 g/mol. The number of halogens is 1. The van der Waals surface area contributed by atoms with Gasteiger partial charge in [-0.15, -0.1) is 0 Å². The van der Waals surface area contributed by atoms with Crippen molar-refractivity contribution in [1.82, 2.24) is 4.98 Å². The van der Waals surface area contributed by atoms with Gasteiger partial charge in [0.1, 0.15) is 5.82 Å². The first-order valence-electron chi connectivity index (χ1n) is 5.86. The van der Waals surface area contributed by atoms with E-state index in [4.69, 9.17) is 0 Å². The van der Waals surface area contributed by atoms with Crippen LogP contribution in [-0.2, 0) is 0 Å². The third-order valence-electron chi connectivity index (χ3n) is 2.98. The minimum absolute atomic E-state index is 0.231. The van der Waals surface area contributed by atoms with Crippen molar-refractivity contribution >= 4 is 10.9 Å². The van der Waals surface area contributed by atoms with E-state index in [-0.39, 0.29) is 5.82 Å². The molecule has 18 heavy (non-hydrogen) atoms. The van der Waals surface area contributed by atoms with Crippen molar-refractivity contribution in [3.8, 4) is 11.1 Å². The number of rotatable bonds is 1. The van der Waals surface area contributed by atoms with Crippen molar-refractivity contribution in [3.05, 3.63) is 66.1 Å². The lowest BCUT2D eigenvalue weighted by Gasteiger charge is -2.08. The third kappa shape index (κ3) is 1.86. The predicted molar refractivity (Wildman–Crippen MR) is 71.9 cm³/mol. The van der Waals surface area contributed by atoms with E-state index < -0.39 is 0 Å². The first-order chi connectivity index (χ1) is 8.74. The molecule has 88 valence electrons. The van der Waals surface area contributed by atoms with Gasteiger partial charge in [-0.25, -0.2) is 4.39 Å². The summed E-state index contributed by atoms with van der Waals surface area (Å²) in [4.78, 5) is 4.44. The molecule has 0 aliphatic carbocycles. The van der Waals surface area contributed by atoms with E-state index in [1.54, 1.807) is 12.1 Å². The largest absolute Gasteiger partial charge is 0.253 e. The maximum atomic E-state index is 13.4. The number of pyridine rings is 1. The summed E-state index contributed by atoms with van der Waals surface area (Å²) in [5.41, 5.74) is 3.87. The maximum Gasteiger partial charge on any atom is 0.123 e. The van der Waals surface area contributed by atoms with Gasteiger partial charge in [0.05, 0.1) is 5.52 Å². The van der Waals surface area contributed by atoms with Gasteiger partial charge in [-0.2, -0.15) is 0 Å². The number of aryl methyl sites for hydroxylation is 1. The molecule has 0 unspecified atom stereocenters. The highest BCUT2D eigenvalue weighted by Crippen LogP contribution is 2.28. The zero-order valence-corrected chi connectivity index (χ0v) is 10.0. The summed E-state index contributed by atoms with van der Waals surface area (Å²) in [7, 11) is 0. The highest BCUT2D eigenvalue weighted by atomic mass is 19.1. The Bertz CT molecular complexity index is 705. The number of hydrogen-bond acceptors (Lipinski definition) is 1. The van der Waals surface area contributed by atoms with Crippen LogP contribution in [0.4, 0.5) is 4.39 Å². The van der Waals surface area contributed by atoms with Crippen LogP contribution in [-0.4, -0.2) is 4.98 Å². The van der Waals surface area contributed by atoms with Crippen LogP contribution in [0.25, 0.3) is 22.0 Å². The average molecular weight is 237 g/mol. The summed E-state index contributed by atoms with van der Waals surface area (Å²) in [5.74, 6) is -0.231. The van der Waals surface area contributed by atoms with Crippen LogP contribution in [0.5, 0.6) is 0 Å². The number of benzene rings is 2. The Balaban J connectivity index is 2.37. The van der Waals surface area contributed by atoms with Crippen molar-refractivity contribution in [2.45, 2.75) is 6.92 Å². The highest BCUT2D eigenvalue weighted by molar-refractivity contribution is 5.94. The van der Waals surface area contributed by atoms with Gasteiger partial charge in [-0.1, -0.05) is 30.3 Å². The molecule has 0 saturated heterocycles. The standard InChI is InChI=1S/C16H12FN/c1-11-9-14(12-5-3-2-4-6-12)15-10-13(17)7-8-16(15)18-11/h2-10H,1H3. The van der Waals surface area contributed by atoms with Crippen LogP contribution < -0.4 is 0 Å². The van der Waals surface area contributed by atoms with Gasteiger partial charge in [0.2, 0.25) is 0 Å². The lowest BCUT2D eigenvalue weighted by molar-refractivity contribution is 0.629. The van der Waals surface area contributed by atoms with Crippen LogP contribution in [0, 0.1) is 12.7 Å². The second-order valence-electron chi connectivity index (χ2n) is 4.34. The van der Waals surface area contributed by atoms with Crippen molar-refractivity contribution < 1.29 is 4.39 Å². The number of hydrogen-bond donors (Lipinski definition) is 0. The molecule has 0 radical (unpaired) electrons. The molecule has 2 aromatic carbocycles. The zero-order valence-electron chi connectivity index (χ0n) is 10.0. The van der Waals surface area contributed by atoms with E-state index in [1.165, 1.54) is 6.07 Å². The van der Waals surface area contributed by atoms with Crippen LogP contribution in [0.2, 0.25) is 0 Å². The molecule has 3 rings (SSSR count). The molecule has 0 amide bonds. The van der Waals surface area contributed by atoms with Crippen LogP contribution in [0.3, 0.4) is 0 Å². The van der Waals surface area contributed by atoms with Crippen LogP contribution in [0.15, 0.2) is 54.6 Å². The summed E-state index contributed by atoms with van der Waals surface area (Å²) in [5, 5.41) is 0.854.